The molecule has 28 heavy (non-hydrogen) atoms. The second-order valence-corrected chi connectivity index (χ2v) is 7.82. The van der Waals surface area contributed by atoms with Gasteiger partial charge in [0.15, 0.2) is 5.78 Å². The molecular formula is C23H25NO4. The predicted molar refractivity (Wildman–Crippen MR) is 105 cm³/mol. The maximum absolute atomic E-state index is 12.8. The van der Waals surface area contributed by atoms with Crippen LogP contribution in [0, 0.1) is 5.41 Å². The Balaban J connectivity index is 1.38. The van der Waals surface area contributed by atoms with Gasteiger partial charge in [-0.3, -0.25) is 9.59 Å². The van der Waals surface area contributed by atoms with Gasteiger partial charge in [0.05, 0.1) is 18.6 Å². The van der Waals surface area contributed by atoms with Crippen molar-refractivity contribution in [3.8, 4) is 5.75 Å². The number of amides is 1. The molecule has 0 saturated carbocycles. The predicted octanol–water partition coefficient (Wildman–Crippen LogP) is 3.04. The molecular weight excluding hydrogens is 354 g/mol. The first-order valence-electron chi connectivity index (χ1n) is 9.81. The Morgan fingerprint density at radius 1 is 1.07 bits per heavy atom. The summed E-state index contributed by atoms with van der Waals surface area (Å²) >= 11 is 0. The number of hydrogen-bond acceptors (Lipinski definition) is 4. The van der Waals surface area contributed by atoms with Crippen molar-refractivity contribution in [3.63, 3.8) is 0 Å². The van der Waals surface area contributed by atoms with Crippen molar-refractivity contribution in [2.45, 2.75) is 25.2 Å². The molecule has 0 bridgehead atoms. The molecule has 146 valence electrons. The standard InChI is InChI=1S/C23H25NO4/c25-15-23-14-24(13-19(23)18-9-4-5-11-21(18)28-16-23)22(27)12-6-10-20(26)17-7-2-1-3-8-17/h1-5,7-9,11,19,25H,6,10,12-16H2/t19-,23-/m0/s1. The number of ether oxygens (including phenoxy) is 1. The number of carbonyl (C=O) groups is 2. The third-order valence-corrected chi connectivity index (χ3v) is 6.02. The van der Waals surface area contributed by atoms with Crippen molar-refractivity contribution in [1.29, 1.82) is 0 Å². The fraction of sp³-hybridized carbons (Fsp3) is 0.391. The van der Waals surface area contributed by atoms with E-state index in [0.717, 1.165) is 11.3 Å². The van der Waals surface area contributed by atoms with Crippen molar-refractivity contribution >= 4 is 11.7 Å². The molecule has 0 aromatic heterocycles. The Morgan fingerprint density at radius 3 is 2.61 bits per heavy atom. The van der Waals surface area contributed by atoms with Crippen LogP contribution in [0.3, 0.4) is 0 Å². The van der Waals surface area contributed by atoms with Gasteiger partial charge in [0.25, 0.3) is 0 Å². The minimum atomic E-state index is -0.441. The highest BCUT2D eigenvalue weighted by atomic mass is 16.5. The monoisotopic (exact) mass is 379 g/mol. The number of para-hydroxylation sites is 1. The number of nitrogens with zero attached hydrogens (tertiary/aromatic N) is 1. The second-order valence-electron chi connectivity index (χ2n) is 7.82. The van der Waals surface area contributed by atoms with Gasteiger partial charge in [-0.25, -0.2) is 0 Å². The fourth-order valence-corrected chi connectivity index (χ4v) is 4.39. The molecule has 1 saturated heterocycles. The number of Topliss-reactive ketones (excluding diaryl/α,β-unsaturated/α-hetero) is 1. The fourth-order valence-electron chi connectivity index (χ4n) is 4.39. The van der Waals surface area contributed by atoms with Gasteiger partial charge in [0, 0.05) is 37.4 Å². The van der Waals surface area contributed by atoms with Gasteiger partial charge in [-0.05, 0) is 18.1 Å². The minimum Gasteiger partial charge on any atom is -0.493 e. The molecule has 1 N–H and O–H groups in total. The number of ketones is 1. The lowest BCUT2D eigenvalue weighted by Gasteiger charge is -2.37. The van der Waals surface area contributed by atoms with Crippen LogP contribution in [0.1, 0.15) is 41.1 Å². The van der Waals surface area contributed by atoms with Crippen LogP contribution >= 0.6 is 0 Å². The van der Waals surface area contributed by atoms with Crippen molar-refractivity contribution in [2.24, 2.45) is 5.41 Å². The zero-order valence-electron chi connectivity index (χ0n) is 15.8. The summed E-state index contributed by atoms with van der Waals surface area (Å²) in [6, 6.07) is 17.0. The Kier molecular flexibility index (Phi) is 5.18. The summed E-state index contributed by atoms with van der Waals surface area (Å²) in [7, 11) is 0. The zero-order valence-corrected chi connectivity index (χ0v) is 15.8. The lowest BCUT2D eigenvalue weighted by Crippen LogP contribution is -2.42. The Labute approximate surface area is 164 Å². The summed E-state index contributed by atoms with van der Waals surface area (Å²) in [4.78, 5) is 26.8. The number of benzene rings is 2. The van der Waals surface area contributed by atoms with Crippen LogP contribution in [-0.2, 0) is 4.79 Å². The van der Waals surface area contributed by atoms with Crippen LogP contribution in [0.25, 0.3) is 0 Å². The zero-order chi connectivity index (χ0) is 19.6. The SMILES string of the molecule is O=C(CCCC(=O)N1C[C@H]2c3ccccc3OC[C@@]2(CO)C1)c1ccccc1. The molecule has 1 amide bonds. The lowest BCUT2D eigenvalue weighted by molar-refractivity contribution is -0.130. The van der Waals surface area contributed by atoms with Crippen LogP contribution in [-0.4, -0.2) is 48.0 Å². The molecule has 2 aliphatic rings. The quantitative estimate of drug-likeness (QED) is 0.784. The molecule has 2 aromatic rings. The smallest absolute Gasteiger partial charge is 0.222 e. The van der Waals surface area contributed by atoms with Crippen molar-refractivity contribution in [3.05, 3.63) is 65.7 Å². The van der Waals surface area contributed by atoms with E-state index in [2.05, 4.69) is 0 Å². The molecule has 2 heterocycles. The maximum atomic E-state index is 12.8. The van der Waals surface area contributed by atoms with Crippen LogP contribution in [0.5, 0.6) is 5.75 Å². The van der Waals surface area contributed by atoms with E-state index in [1.807, 2.05) is 47.4 Å². The summed E-state index contributed by atoms with van der Waals surface area (Å²) in [5.74, 6) is 1.04. The molecule has 0 unspecified atom stereocenters. The number of aliphatic hydroxyl groups is 1. The van der Waals surface area contributed by atoms with E-state index in [1.165, 1.54) is 0 Å². The van der Waals surface area contributed by atoms with Gasteiger partial charge in [-0.2, -0.15) is 0 Å². The third-order valence-electron chi connectivity index (χ3n) is 6.02. The van der Waals surface area contributed by atoms with E-state index >= 15 is 0 Å². The molecule has 0 aliphatic carbocycles. The topological polar surface area (TPSA) is 66.8 Å². The number of fused-ring (bicyclic) bond motifs is 3. The summed E-state index contributed by atoms with van der Waals surface area (Å²) in [6.45, 7) is 1.49. The van der Waals surface area contributed by atoms with Crippen LogP contribution in [0.4, 0.5) is 0 Å². The van der Waals surface area contributed by atoms with E-state index in [4.69, 9.17) is 4.74 Å². The summed E-state index contributed by atoms with van der Waals surface area (Å²) in [5.41, 5.74) is 1.32. The number of hydrogen-bond donors (Lipinski definition) is 1. The van der Waals surface area contributed by atoms with E-state index in [9.17, 15) is 14.7 Å². The average Bonchev–Trinajstić information content (AvgIpc) is 3.15. The van der Waals surface area contributed by atoms with Crippen LogP contribution in [0.2, 0.25) is 0 Å². The van der Waals surface area contributed by atoms with Crippen molar-refractivity contribution in [2.75, 3.05) is 26.3 Å². The Bertz CT molecular complexity index is 866. The van der Waals surface area contributed by atoms with Gasteiger partial charge < -0.3 is 14.7 Å². The van der Waals surface area contributed by atoms with Crippen LogP contribution in [0.15, 0.2) is 54.6 Å². The van der Waals surface area contributed by atoms with Crippen LogP contribution < -0.4 is 4.74 Å². The van der Waals surface area contributed by atoms with Gasteiger partial charge in [-0.15, -0.1) is 0 Å². The van der Waals surface area contributed by atoms with E-state index in [0.29, 0.717) is 44.5 Å². The first kappa shape index (κ1) is 18.7. The largest absolute Gasteiger partial charge is 0.493 e. The first-order valence-corrected chi connectivity index (χ1v) is 9.81. The third kappa shape index (κ3) is 3.42. The normalized spacial score (nSPS) is 22.9. The highest BCUT2D eigenvalue weighted by molar-refractivity contribution is 5.96. The van der Waals surface area contributed by atoms with Crippen molar-refractivity contribution < 1.29 is 19.4 Å². The van der Waals surface area contributed by atoms with Gasteiger partial charge >= 0.3 is 0 Å². The molecule has 2 atom stereocenters. The average molecular weight is 379 g/mol. The molecule has 0 radical (unpaired) electrons. The Hall–Kier alpha value is -2.66. The highest BCUT2D eigenvalue weighted by Crippen LogP contribution is 2.49. The number of carbonyl (C=O) groups excluding carboxylic acids is 2. The summed E-state index contributed by atoms with van der Waals surface area (Å²) in [5, 5.41) is 10.1. The first-order chi connectivity index (χ1) is 13.6. The second kappa shape index (κ2) is 7.76. The molecule has 1 fully saturated rings. The van der Waals surface area contributed by atoms with Gasteiger partial charge in [-0.1, -0.05) is 48.5 Å². The van der Waals surface area contributed by atoms with E-state index in [1.54, 1.807) is 12.1 Å². The minimum absolute atomic E-state index is 0.0116. The molecule has 5 nitrogen and oxygen atoms in total. The summed E-state index contributed by atoms with van der Waals surface area (Å²) in [6.07, 6.45) is 1.24. The maximum Gasteiger partial charge on any atom is 0.222 e. The molecule has 0 spiro atoms. The number of rotatable bonds is 6. The lowest BCUT2D eigenvalue weighted by atomic mass is 9.74. The molecule has 5 heteroatoms. The molecule has 2 aromatic carbocycles. The van der Waals surface area contributed by atoms with E-state index < -0.39 is 5.41 Å². The molecule has 4 rings (SSSR count). The van der Waals surface area contributed by atoms with Crippen molar-refractivity contribution in [1.82, 2.24) is 4.90 Å². The molecule has 2 aliphatic heterocycles. The van der Waals surface area contributed by atoms with Gasteiger partial charge in [0.2, 0.25) is 5.91 Å². The summed E-state index contributed by atoms with van der Waals surface area (Å²) < 4.78 is 5.88. The Morgan fingerprint density at radius 2 is 1.82 bits per heavy atom. The van der Waals surface area contributed by atoms with Gasteiger partial charge in [0.1, 0.15) is 5.75 Å². The highest BCUT2D eigenvalue weighted by Gasteiger charge is 2.51. The number of aliphatic hydroxyl groups excluding tert-OH is 1. The number of likely N-dealkylation sites (tertiary alicyclic amines) is 1. The van der Waals surface area contributed by atoms with E-state index in [-0.39, 0.29) is 24.2 Å².